The zero-order chi connectivity index (χ0) is 9.53. The van der Waals surface area contributed by atoms with Gasteiger partial charge in [-0.15, -0.1) is 10.2 Å². The van der Waals surface area contributed by atoms with E-state index in [9.17, 15) is 13.0 Å². The van der Waals surface area contributed by atoms with E-state index in [-0.39, 0.29) is 59.1 Å². The maximum absolute atomic E-state index is 10.9. The Kier molecular flexibility index (Phi) is 5.29. The number of nitrogens with zero attached hydrogens (tertiary/aromatic N) is 3. The number of rotatable bonds is 1. The molecule has 0 fully saturated rings. The maximum Gasteiger partial charge on any atom is 1.00 e. The third kappa shape index (κ3) is 2.40. The average molecular weight is 330 g/mol. The normalized spacial score (nSPS) is 26.3. The van der Waals surface area contributed by atoms with Gasteiger partial charge in [0, 0.05) is 0 Å². The first kappa shape index (κ1) is 15.4. The van der Waals surface area contributed by atoms with Gasteiger partial charge in [-0.25, -0.2) is 8.42 Å². The molecule has 0 N–H and O–H groups in total. The third-order valence-electron chi connectivity index (χ3n) is 1.78. The van der Waals surface area contributed by atoms with E-state index in [0.717, 1.165) is 0 Å². The maximum atomic E-state index is 10.9. The van der Waals surface area contributed by atoms with Crippen LogP contribution in [0.3, 0.4) is 0 Å². The fraction of sp³-hybridized carbons (Fsp3) is 0.167. The van der Waals surface area contributed by atoms with Crippen molar-refractivity contribution in [2.75, 3.05) is 0 Å². The van der Waals surface area contributed by atoms with Crippen molar-refractivity contribution in [3.05, 3.63) is 24.3 Å². The van der Waals surface area contributed by atoms with E-state index in [0.29, 0.717) is 0 Å². The largest absolute Gasteiger partial charge is 1.00 e. The summed E-state index contributed by atoms with van der Waals surface area (Å²) in [6, 6.07) is 0. The van der Waals surface area contributed by atoms with Gasteiger partial charge in [-0.1, -0.05) is 12.2 Å². The molecule has 15 heavy (non-hydrogen) atoms. The Bertz CT molecular complexity index is 475. The van der Waals surface area contributed by atoms with E-state index < -0.39 is 15.0 Å². The van der Waals surface area contributed by atoms with Gasteiger partial charge in [0.15, 0.2) is 0 Å². The van der Waals surface area contributed by atoms with Crippen LogP contribution in [-0.4, -0.2) is 23.6 Å². The van der Waals surface area contributed by atoms with Crippen molar-refractivity contribution in [2.24, 2.45) is 15.4 Å². The SMILES string of the molecule is O=S(=O)([O-])C12C=CC=CC1=NN=N2.[Ag+].[H-].[Na+]. The Hall–Kier alpha value is 0.400. The quantitative estimate of drug-likeness (QED) is 0.386. The van der Waals surface area contributed by atoms with E-state index in [2.05, 4.69) is 15.4 Å². The zero-order valence-corrected chi connectivity index (χ0v) is 11.9. The van der Waals surface area contributed by atoms with Crippen LogP contribution >= 0.6 is 0 Å². The Morgan fingerprint density at radius 2 is 2.07 bits per heavy atom. The van der Waals surface area contributed by atoms with Crippen LogP contribution in [0.4, 0.5) is 0 Å². The van der Waals surface area contributed by atoms with Gasteiger partial charge in [0.25, 0.3) is 0 Å². The molecule has 0 amide bonds. The predicted molar refractivity (Wildman–Crippen MR) is 44.1 cm³/mol. The molecule has 2 aliphatic rings. The van der Waals surface area contributed by atoms with Gasteiger partial charge in [-0.3, -0.25) is 0 Å². The molecule has 1 atom stereocenters. The van der Waals surface area contributed by atoms with Crippen LogP contribution in [-0.2, 0) is 32.5 Å². The zero-order valence-electron chi connectivity index (χ0n) is 8.59. The van der Waals surface area contributed by atoms with Gasteiger partial charge >= 0.3 is 51.9 Å². The standard InChI is InChI=1S/C6H5N3O3S.Ag.Na.H/c10-13(11,12)6-4-2-1-3-5(6)7-9-8-6;;;/h1-4H,(H,10,11,12);;;/q;2*+1;-1/p-1. The summed E-state index contributed by atoms with van der Waals surface area (Å²) in [5.41, 5.74) is 0.0463. The smallest absolute Gasteiger partial charge is 1.00 e. The molecular weight excluding hydrogens is 325 g/mol. The molecule has 1 heterocycles. The van der Waals surface area contributed by atoms with E-state index in [1.807, 2.05) is 0 Å². The Balaban J connectivity index is 0. The van der Waals surface area contributed by atoms with Gasteiger partial charge in [-0.2, -0.15) is 0 Å². The van der Waals surface area contributed by atoms with Crippen LogP contribution in [0.1, 0.15) is 1.43 Å². The molecule has 0 aromatic heterocycles. The van der Waals surface area contributed by atoms with Crippen LogP contribution in [0.2, 0.25) is 0 Å². The van der Waals surface area contributed by atoms with Crippen molar-refractivity contribution in [1.29, 1.82) is 0 Å². The fourth-order valence-corrected chi connectivity index (χ4v) is 1.87. The summed E-state index contributed by atoms with van der Waals surface area (Å²) in [5, 5.41) is 10.00. The summed E-state index contributed by atoms with van der Waals surface area (Å²) in [6.07, 6.45) is 5.57. The molecule has 0 aromatic rings. The summed E-state index contributed by atoms with van der Waals surface area (Å²) in [4.78, 5) is -1.91. The molecule has 1 aliphatic heterocycles. The average Bonchev–Trinajstić information content (AvgIpc) is 2.46. The van der Waals surface area contributed by atoms with Gasteiger partial charge < -0.3 is 5.98 Å². The van der Waals surface area contributed by atoms with Crippen molar-refractivity contribution < 1.29 is 66.3 Å². The summed E-state index contributed by atoms with van der Waals surface area (Å²) in [6.45, 7) is 0. The molecule has 0 bridgehead atoms. The van der Waals surface area contributed by atoms with Crippen molar-refractivity contribution in [2.45, 2.75) is 4.87 Å². The molecule has 1 aliphatic carbocycles. The van der Waals surface area contributed by atoms with Crippen LogP contribution < -0.4 is 29.6 Å². The molecule has 0 saturated carbocycles. The second-order valence-electron chi connectivity index (χ2n) is 2.54. The summed E-state index contributed by atoms with van der Waals surface area (Å²) in [5.74, 6) is 0. The van der Waals surface area contributed by atoms with Crippen molar-refractivity contribution >= 4 is 15.8 Å². The van der Waals surface area contributed by atoms with E-state index in [1.165, 1.54) is 18.2 Å². The minimum absolute atomic E-state index is 0. The van der Waals surface area contributed by atoms with Crippen LogP contribution in [0.15, 0.2) is 39.7 Å². The Morgan fingerprint density at radius 1 is 1.40 bits per heavy atom. The first-order chi connectivity index (χ1) is 6.06. The fourth-order valence-electron chi connectivity index (χ4n) is 1.13. The van der Waals surface area contributed by atoms with E-state index in [1.54, 1.807) is 6.08 Å². The van der Waals surface area contributed by atoms with E-state index in [4.69, 9.17) is 0 Å². The minimum Gasteiger partial charge on any atom is -1.00 e. The first-order valence-electron chi connectivity index (χ1n) is 3.38. The van der Waals surface area contributed by atoms with Crippen molar-refractivity contribution in [1.82, 2.24) is 0 Å². The van der Waals surface area contributed by atoms with Crippen molar-refractivity contribution in [3.8, 4) is 0 Å². The third-order valence-corrected chi connectivity index (χ3v) is 2.97. The first-order valence-corrected chi connectivity index (χ1v) is 4.79. The number of fused-ring (bicyclic) bond motifs is 1. The van der Waals surface area contributed by atoms with E-state index >= 15 is 0 Å². The molecular formula is C6H5AgN3NaO3S. The molecule has 80 valence electrons. The minimum atomic E-state index is -4.60. The number of hydrogen-bond acceptors (Lipinski definition) is 6. The summed E-state index contributed by atoms with van der Waals surface area (Å²) >= 11 is 0. The second-order valence-corrected chi connectivity index (χ2v) is 4.07. The molecule has 1 unspecified atom stereocenters. The van der Waals surface area contributed by atoms with Crippen LogP contribution in [0, 0.1) is 0 Å². The van der Waals surface area contributed by atoms with Gasteiger partial charge in [0.2, 0.25) is 4.87 Å². The van der Waals surface area contributed by atoms with Crippen LogP contribution in [0.25, 0.3) is 0 Å². The van der Waals surface area contributed by atoms with Crippen LogP contribution in [0.5, 0.6) is 0 Å². The predicted octanol–water partition coefficient (Wildman–Crippen LogP) is -2.71. The summed E-state index contributed by atoms with van der Waals surface area (Å²) < 4.78 is 32.7. The monoisotopic (exact) mass is 329 g/mol. The Morgan fingerprint density at radius 3 is 2.60 bits per heavy atom. The number of hydrogen-bond donors (Lipinski definition) is 0. The molecule has 0 radical (unpaired) electrons. The van der Waals surface area contributed by atoms with Gasteiger partial charge in [0.05, 0.1) is 0 Å². The molecule has 6 nitrogen and oxygen atoms in total. The Labute approximate surface area is 126 Å². The van der Waals surface area contributed by atoms with Gasteiger partial charge in [0.1, 0.15) is 15.8 Å². The molecule has 0 saturated heterocycles. The van der Waals surface area contributed by atoms with Gasteiger partial charge in [-0.05, 0) is 17.4 Å². The molecule has 0 aromatic carbocycles. The number of allylic oxidation sites excluding steroid dienone is 2. The molecule has 0 spiro atoms. The summed E-state index contributed by atoms with van der Waals surface area (Å²) in [7, 11) is -4.60. The second kappa shape index (κ2) is 5.15. The topological polar surface area (TPSA) is 94.3 Å². The van der Waals surface area contributed by atoms with Crippen molar-refractivity contribution in [3.63, 3.8) is 0 Å². The molecule has 2 rings (SSSR count). The molecule has 9 heteroatoms.